The molecule has 0 bridgehead atoms. The monoisotopic (exact) mass is 960 g/mol. The van der Waals surface area contributed by atoms with Crippen LogP contribution in [0.5, 0.6) is 5.75 Å². The summed E-state index contributed by atoms with van der Waals surface area (Å²) in [6.07, 6.45) is -1.28. The second kappa shape index (κ2) is 19.5. The van der Waals surface area contributed by atoms with Crippen LogP contribution in [0.3, 0.4) is 0 Å². The molecule has 0 N–H and O–H groups in total. The van der Waals surface area contributed by atoms with Crippen LogP contribution in [0.25, 0.3) is 0 Å². The molecule has 14 heteroatoms. The number of carbonyl (C=O) groups is 2. The topological polar surface area (TPSA) is 53.1 Å². The first kappa shape index (κ1) is 47.2. The summed E-state index contributed by atoms with van der Waals surface area (Å²) in [5.74, 6) is -13.0. The summed E-state index contributed by atoms with van der Waals surface area (Å²) in [6.45, 7) is 26.1. The van der Waals surface area contributed by atoms with Gasteiger partial charge in [0.15, 0.2) is 0 Å². The number of nitrogens with zero attached hydrogens (tertiary/aromatic N) is 3. The van der Waals surface area contributed by atoms with Gasteiger partial charge in [0.1, 0.15) is 0 Å². The Balaban J connectivity index is 0.000000228. The largest absolute Gasteiger partial charge is 0.502 e. The number of carbonyl (C=O) groups excluding carboxylic acids is 2. The van der Waals surface area contributed by atoms with E-state index in [-0.39, 0.29) is 11.4 Å². The van der Waals surface area contributed by atoms with Gasteiger partial charge >= 0.3 is 186 Å². The van der Waals surface area contributed by atoms with Crippen molar-refractivity contribution < 1.29 is 49.8 Å². The van der Waals surface area contributed by atoms with Crippen molar-refractivity contribution in [1.82, 2.24) is 0 Å². The summed E-state index contributed by atoms with van der Waals surface area (Å²) in [6, 6.07) is 17.8. The first-order valence-corrected chi connectivity index (χ1v) is 25.3. The molecule has 1 fully saturated rings. The van der Waals surface area contributed by atoms with E-state index < -0.39 is 72.0 Å². The summed E-state index contributed by atoms with van der Waals surface area (Å²) in [5.41, 5.74) is 6.98. The van der Waals surface area contributed by atoms with Crippen molar-refractivity contribution in [1.29, 1.82) is 0 Å². The maximum absolute atomic E-state index is 14.3. The van der Waals surface area contributed by atoms with Gasteiger partial charge < -0.3 is 9.80 Å². The number of amides is 2. The Kier molecular flexibility index (Phi) is 15.3. The molecular weight excluding hydrogens is 909 g/mol. The zero-order valence-electron chi connectivity index (χ0n) is 35.3. The second-order valence-electron chi connectivity index (χ2n) is 16.4. The molecule has 0 aliphatic carbocycles. The summed E-state index contributed by atoms with van der Waals surface area (Å²) in [7, 11) is 11.8. The van der Waals surface area contributed by atoms with Gasteiger partial charge in [0.05, 0.1) is 0 Å². The Hall–Kier alpha value is -3.86. The van der Waals surface area contributed by atoms with Crippen LogP contribution < -0.4 is 19.4 Å². The fourth-order valence-electron chi connectivity index (χ4n) is 7.49. The van der Waals surface area contributed by atoms with Crippen molar-refractivity contribution in [2.75, 3.05) is 27.8 Å². The number of imide groups is 1. The van der Waals surface area contributed by atoms with Gasteiger partial charge in [-0.3, -0.25) is 0 Å². The molecule has 2 aliphatic rings. The van der Waals surface area contributed by atoms with Crippen LogP contribution in [0, 0.1) is 41.7 Å². The molecule has 1 unspecified atom stereocenters. The van der Waals surface area contributed by atoms with Gasteiger partial charge in [-0.05, 0) is 45.9 Å². The predicted octanol–water partition coefficient (Wildman–Crippen LogP) is 12.7. The molecule has 60 heavy (non-hydrogen) atoms. The number of benzene rings is 4. The molecule has 4 aromatic rings. The van der Waals surface area contributed by atoms with E-state index in [1.54, 1.807) is 13.8 Å². The van der Waals surface area contributed by atoms with Gasteiger partial charge in [0.25, 0.3) is 0 Å². The van der Waals surface area contributed by atoms with Crippen molar-refractivity contribution in [2.24, 2.45) is 5.92 Å². The average Bonchev–Trinajstić information content (AvgIpc) is 3.68. The third-order valence-electron chi connectivity index (χ3n) is 10.5. The van der Waals surface area contributed by atoms with Crippen LogP contribution in [0.4, 0.5) is 39.0 Å². The molecule has 1 saturated heterocycles. The van der Waals surface area contributed by atoms with Crippen molar-refractivity contribution >= 4 is 52.9 Å². The summed E-state index contributed by atoms with van der Waals surface area (Å²) in [4.78, 5) is 31.3. The van der Waals surface area contributed by atoms with Crippen LogP contribution in [-0.4, -0.2) is 35.6 Å². The zero-order valence-corrected chi connectivity index (χ0v) is 38.5. The average molecular weight is 961 g/mol. The van der Waals surface area contributed by atoms with Crippen molar-refractivity contribution in [3.63, 3.8) is 0 Å². The third kappa shape index (κ3) is 9.46. The summed E-state index contributed by atoms with van der Waals surface area (Å²) >= 11 is -2.40. The molecule has 6 nitrogen and oxygen atoms in total. The minimum atomic E-state index is -2.42. The number of fused-ring (bicyclic) bond motifs is 1. The van der Waals surface area contributed by atoms with Crippen molar-refractivity contribution in [2.45, 2.75) is 99.0 Å². The molecule has 4 aromatic carbocycles. The maximum atomic E-state index is 14.3. The smallest absolute Gasteiger partial charge is 0.0156 e. The molecular formula is C46H51Cl2F5N3O3Ru-. The molecule has 0 saturated carbocycles. The van der Waals surface area contributed by atoms with E-state index in [9.17, 15) is 31.5 Å². The van der Waals surface area contributed by atoms with E-state index in [1.807, 2.05) is 0 Å². The number of para-hydroxylation sites is 3. The number of hydrogen-bond donors (Lipinski definition) is 0. The van der Waals surface area contributed by atoms with E-state index in [1.165, 1.54) is 56.4 Å². The molecule has 2 aliphatic heterocycles. The molecule has 0 spiro atoms. The Bertz CT molecular complexity index is 2150. The number of hydrogen-bond acceptors (Lipinski definition) is 5. The third-order valence-corrected chi connectivity index (χ3v) is 12.3. The fraction of sp³-hybridized carbons (Fsp3) is 0.391. The van der Waals surface area contributed by atoms with Gasteiger partial charge in [-0.15, -0.1) is 0 Å². The standard InChI is InChI=1S/C27H39N2.C19H12F5NO3.2ClH.Ru/c1-18(2)22-11-9-12-23(19(3)4)26(22)28-15-16-29(17-28)27-24(20(5)6)13-10-14-25(27)21(7)8;1-7(2)16-19(27)25(9-6-4-5-8(3)17(9)28-16)18(26)10-11(20)13(22)15(24)14(23)12(10)21;;;/h9-14,17-21H,15-16H2,1-8H3;3-7,16H,1-2H3;2*1H;/q-1;;;;+2/p-2. The van der Waals surface area contributed by atoms with Gasteiger partial charge in [-0.25, -0.2) is 0 Å². The van der Waals surface area contributed by atoms with E-state index in [0.29, 0.717) is 34.1 Å². The SMILES string of the molecule is CC(C)C1Oc2c([CH]=[Ru]([Cl])[Cl])cccc2N(C(=O)c2c(F)c(F)c(F)c(F)c2F)C1=O.CC(C)c1cccc(C(C)C)c1N1[CH-]N(c2c(C(C)C)cccc2C(C)C)CC1. The normalized spacial score (nSPS) is 15.6. The Labute approximate surface area is 363 Å². The van der Waals surface area contributed by atoms with Gasteiger partial charge in [-0.2, -0.15) is 6.67 Å². The number of anilines is 3. The quantitative estimate of drug-likeness (QED) is 0.0418. The summed E-state index contributed by atoms with van der Waals surface area (Å²) in [5, 5.41) is 0. The number of ether oxygens (including phenoxy) is 1. The predicted molar refractivity (Wildman–Crippen MR) is 229 cm³/mol. The molecule has 326 valence electrons. The Morgan fingerprint density at radius 3 is 1.47 bits per heavy atom. The van der Waals surface area contributed by atoms with E-state index in [4.69, 9.17) is 24.1 Å². The van der Waals surface area contributed by atoms with Crippen LogP contribution in [0.15, 0.2) is 54.6 Å². The van der Waals surface area contributed by atoms with Crippen LogP contribution >= 0.6 is 19.4 Å². The fourth-order valence-corrected chi connectivity index (χ4v) is 9.28. The first-order chi connectivity index (χ1) is 28.2. The van der Waals surface area contributed by atoms with E-state index in [2.05, 4.69) is 108 Å². The van der Waals surface area contributed by atoms with Crippen LogP contribution in [0.2, 0.25) is 0 Å². The molecule has 1 atom stereocenters. The molecule has 2 heterocycles. The Morgan fingerprint density at radius 1 is 0.683 bits per heavy atom. The zero-order chi connectivity index (χ0) is 44.5. The number of rotatable bonds is 9. The molecule has 6 rings (SSSR count). The van der Waals surface area contributed by atoms with E-state index >= 15 is 0 Å². The van der Waals surface area contributed by atoms with Gasteiger partial charge in [0.2, 0.25) is 0 Å². The molecule has 0 aromatic heterocycles. The van der Waals surface area contributed by atoms with Crippen LogP contribution in [-0.2, 0) is 18.3 Å². The van der Waals surface area contributed by atoms with E-state index in [0.717, 1.165) is 13.1 Å². The van der Waals surface area contributed by atoms with Gasteiger partial charge in [-0.1, -0.05) is 91.8 Å². The maximum Gasteiger partial charge on any atom is 0.0156 e. The summed E-state index contributed by atoms with van der Waals surface area (Å²) < 4.78 is 76.4. The minimum Gasteiger partial charge on any atom is -0.502 e. The second-order valence-corrected chi connectivity index (χ2v) is 22.1. The van der Waals surface area contributed by atoms with Crippen LogP contribution in [0.1, 0.15) is 131 Å². The van der Waals surface area contributed by atoms with Gasteiger partial charge in [0, 0.05) is 24.5 Å². The molecule has 2 amide bonds. The van der Waals surface area contributed by atoms with Crippen molar-refractivity contribution in [3.05, 3.63) is 124 Å². The first-order valence-electron chi connectivity index (χ1n) is 19.9. The van der Waals surface area contributed by atoms with Crippen molar-refractivity contribution in [3.8, 4) is 5.75 Å². The minimum absolute atomic E-state index is 0.0296. The number of halogens is 7. The molecule has 0 radical (unpaired) electrons. The Morgan fingerprint density at radius 2 is 1.08 bits per heavy atom.